The molecule has 3 aromatic carbocycles. The first kappa shape index (κ1) is 34.8. The highest BCUT2D eigenvalue weighted by Gasteiger charge is 2.33. The highest BCUT2D eigenvalue weighted by molar-refractivity contribution is 7.82. The molecule has 0 aliphatic heterocycles. The van der Waals surface area contributed by atoms with E-state index >= 15 is 0 Å². The molecule has 0 aliphatic carbocycles. The number of nitrogen functional groups attached to an aromatic ring is 1. The van der Waals surface area contributed by atoms with Gasteiger partial charge in [-0.3, -0.25) is 4.79 Å². The van der Waals surface area contributed by atoms with Crippen molar-refractivity contribution in [2.24, 2.45) is 5.92 Å². The maximum absolute atomic E-state index is 13.8. The number of hydrogen-bond acceptors (Lipinski definition) is 6. The Bertz CT molecular complexity index is 1290. The Morgan fingerprint density at radius 3 is 1.95 bits per heavy atom. The molecule has 0 saturated carbocycles. The number of nitrogens with zero attached hydrogens (tertiary/aromatic N) is 1. The number of nitrogens with one attached hydrogen (secondary N) is 2. The van der Waals surface area contributed by atoms with Gasteiger partial charge in [0.1, 0.15) is 17.0 Å². The van der Waals surface area contributed by atoms with Gasteiger partial charge in [0.25, 0.3) is 0 Å². The SMILES string of the molecule is COC(=O)NC(C(=O)NC(C)CCCC(CO)N(CC(C)C)S(=O)c1ccc(N)cc1)C(c1ccccc1)c1ccccc1. The average molecular weight is 623 g/mol. The maximum Gasteiger partial charge on any atom is 0.407 e. The van der Waals surface area contributed by atoms with Gasteiger partial charge in [-0.05, 0) is 67.5 Å². The number of benzene rings is 3. The summed E-state index contributed by atoms with van der Waals surface area (Å²) in [5, 5.41) is 16.1. The second-order valence-corrected chi connectivity index (χ2v) is 12.8. The molecule has 9 nitrogen and oxygen atoms in total. The monoisotopic (exact) mass is 622 g/mol. The summed E-state index contributed by atoms with van der Waals surface area (Å²) in [6.45, 7) is 6.43. The van der Waals surface area contributed by atoms with Crippen LogP contribution in [-0.4, -0.2) is 64.0 Å². The number of amides is 2. The molecule has 0 spiro atoms. The van der Waals surface area contributed by atoms with Crippen LogP contribution >= 0.6 is 0 Å². The number of aliphatic hydroxyl groups is 1. The molecule has 10 heteroatoms. The van der Waals surface area contributed by atoms with Crippen LogP contribution in [0.1, 0.15) is 57.1 Å². The molecular weight excluding hydrogens is 576 g/mol. The Morgan fingerprint density at radius 1 is 0.886 bits per heavy atom. The summed E-state index contributed by atoms with van der Waals surface area (Å²) in [5.74, 6) is -0.540. The molecule has 3 aromatic rings. The molecule has 44 heavy (non-hydrogen) atoms. The topological polar surface area (TPSA) is 134 Å². The number of hydrogen-bond donors (Lipinski definition) is 4. The summed E-state index contributed by atoms with van der Waals surface area (Å²) in [5.41, 5.74) is 8.17. The number of aliphatic hydroxyl groups excluding tert-OH is 1. The van der Waals surface area contributed by atoms with Crippen LogP contribution in [0.5, 0.6) is 0 Å². The summed E-state index contributed by atoms with van der Waals surface area (Å²) in [6.07, 6.45) is 1.19. The zero-order chi connectivity index (χ0) is 32.1. The van der Waals surface area contributed by atoms with Crippen LogP contribution in [0.4, 0.5) is 10.5 Å². The van der Waals surface area contributed by atoms with Crippen molar-refractivity contribution in [3.05, 3.63) is 96.1 Å². The smallest absolute Gasteiger partial charge is 0.407 e. The lowest BCUT2D eigenvalue weighted by molar-refractivity contribution is -0.124. The normalized spacial score (nSPS) is 14.2. The number of nitrogens with two attached hydrogens (primary N) is 1. The van der Waals surface area contributed by atoms with Gasteiger partial charge in [-0.1, -0.05) is 74.5 Å². The minimum absolute atomic E-state index is 0.144. The fraction of sp³-hybridized carbons (Fsp3) is 0.412. The lowest BCUT2D eigenvalue weighted by atomic mass is 9.84. The van der Waals surface area contributed by atoms with Crippen LogP contribution < -0.4 is 16.4 Å². The van der Waals surface area contributed by atoms with E-state index in [-0.39, 0.29) is 30.5 Å². The largest absolute Gasteiger partial charge is 0.453 e. The molecule has 0 fully saturated rings. The van der Waals surface area contributed by atoms with E-state index in [4.69, 9.17) is 10.5 Å². The van der Waals surface area contributed by atoms with E-state index in [0.717, 1.165) is 11.1 Å². The van der Waals surface area contributed by atoms with Gasteiger partial charge in [0.05, 0.1) is 18.6 Å². The molecule has 0 heterocycles. The van der Waals surface area contributed by atoms with Gasteiger partial charge in [0.2, 0.25) is 5.91 Å². The first-order valence-electron chi connectivity index (χ1n) is 15.0. The minimum atomic E-state index is -1.46. The predicted octanol–water partition coefficient (Wildman–Crippen LogP) is 4.84. The van der Waals surface area contributed by atoms with Crippen molar-refractivity contribution in [1.29, 1.82) is 0 Å². The summed E-state index contributed by atoms with van der Waals surface area (Å²) < 4.78 is 20.2. The van der Waals surface area contributed by atoms with E-state index in [1.54, 1.807) is 24.3 Å². The van der Waals surface area contributed by atoms with E-state index in [2.05, 4.69) is 24.5 Å². The molecule has 0 saturated heterocycles. The number of carbonyl (C=O) groups is 2. The Kier molecular flexibility index (Phi) is 13.9. The van der Waals surface area contributed by atoms with Crippen molar-refractivity contribution >= 4 is 28.7 Å². The maximum atomic E-state index is 13.8. The summed E-state index contributed by atoms with van der Waals surface area (Å²) in [7, 11) is -0.191. The molecule has 4 unspecified atom stereocenters. The van der Waals surface area contributed by atoms with Crippen molar-refractivity contribution in [1.82, 2.24) is 14.9 Å². The van der Waals surface area contributed by atoms with Crippen molar-refractivity contribution in [3.63, 3.8) is 0 Å². The molecule has 0 aromatic heterocycles. The molecule has 5 N–H and O–H groups in total. The number of rotatable bonds is 16. The Hall–Kier alpha value is -3.73. The fourth-order valence-corrected chi connectivity index (χ4v) is 6.72. The summed E-state index contributed by atoms with van der Waals surface area (Å²) in [6, 6.07) is 24.7. The van der Waals surface area contributed by atoms with Gasteiger partial charge in [0, 0.05) is 30.2 Å². The number of anilines is 1. The van der Waals surface area contributed by atoms with Gasteiger partial charge in [0.15, 0.2) is 0 Å². The molecule has 238 valence electrons. The zero-order valence-electron chi connectivity index (χ0n) is 26.0. The van der Waals surface area contributed by atoms with Gasteiger partial charge in [-0.15, -0.1) is 0 Å². The number of ether oxygens (including phenoxy) is 1. The van der Waals surface area contributed by atoms with Gasteiger partial charge >= 0.3 is 6.09 Å². The second kappa shape index (κ2) is 17.5. The van der Waals surface area contributed by atoms with Crippen LogP contribution in [-0.2, 0) is 20.5 Å². The average Bonchev–Trinajstić information content (AvgIpc) is 3.02. The molecule has 3 rings (SSSR count). The Morgan fingerprint density at radius 2 is 1.45 bits per heavy atom. The van der Waals surface area contributed by atoms with Crippen LogP contribution in [0.3, 0.4) is 0 Å². The van der Waals surface area contributed by atoms with Crippen molar-refractivity contribution < 1.29 is 23.6 Å². The van der Waals surface area contributed by atoms with Crippen molar-refractivity contribution in [3.8, 4) is 0 Å². The van der Waals surface area contributed by atoms with Crippen LogP contribution in [0, 0.1) is 5.92 Å². The highest BCUT2D eigenvalue weighted by atomic mass is 32.2. The van der Waals surface area contributed by atoms with Crippen LogP contribution in [0.25, 0.3) is 0 Å². The number of alkyl carbamates (subject to hydrolysis) is 1. The van der Waals surface area contributed by atoms with Crippen LogP contribution in [0.15, 0.2) is 89.8 Å². The zero-order valence-corrected chi connectivity index (χ0v) is 26.8. The molecule has 0 radical (unpaired) electrons. The number of methoxy groups -OCH3 is 1. The van der Waals surface area contributed by atoms with E-state index in [0.29, 0.717) is 36.4 Å². The van der Waals surface area contributed by atoms with E-state index in [9.17, 15) is 18.9 Å². The quantitative estimate of drug-likeness (QED) is 0.169. The van der Waals surface area contributed by atoms with Crippen molar-refractivity contribution in [2.75, 3.05) is 26.0 Å². The lowest BCUT2D eigenvalue weighted by Gasteiger charge is -2.31. The Balaban J connectivity index is 1.71. The third-order valence-corrected chi connectivity index (χ3v) is 8.96. The molecular formula is C34H46N4O5S. The standard InChI is InChI=1S/C34H46N4O5S/c1-24(2)22-38(44(42)30-20-18-28(35)19-21-30)29(23-39)17-11-12-25(3)36-33(40)32(37-34(41)43-4)31(26-13-7-5-8-14-26)27-15-9-6-10-16-27/h5-10,13-16,18-21,24-25,29,31-32,39H,11-12,17,22-23,35H2,1-4H3,(H,36,40)(H,37,41). The predicted molar refractivity (Wildman–Crippen MR) is 175 cm³/mol. The van der Waals surface area contributed by atoms with E-state index in [1.807, 2.05) is 71.9 Å². The minimum Gasteiger partial charge on any atom is -0.453 e. The third kappa shape index (κ3) is 10.2. The molecule has 0 aliphatic rings. The van der Waals surface area contributed by atoms with Crippen LogP contribution in [0.2, 0.25) is 0 Å². The fourth-order valence-electron chi connectivity index (χ4n) is 5.21. The first-order chi connectivity index (χ1) is 21.1. The molecule has 2 amide bonds. The summed E-state index contributed by atoms with van der Waals surface area (Å²) in [4.78, 5) is 26.8. The number of carbonyl (C=O) groups excluding carboxylic acids is 2. The third-order valence-electron chi connectivity index (χ3n) is 7.41. The lowest BCUT2D eigenvalue weighted by Crippen LogP contribution is -2.52. The van der Waals surface area contributed by atoms with Gasteiger partial charge in [-0.25, -0.2) is 13.3 Å². The van der Waals surface area contributed by atoms with Gasteiger partial charge in [-0.2, -0.15) is 0 Å². The van der Waals surface area contributed by atoms with E-state index < -0.39 is 29.0 Å². The molecule has 4 atom stereocenters. The highest BCUT2D eigenvalue weighted by Crippen LogP contribution is 2.29. The summed E-state index contributed by atoms with van der Waals surface area (Å²) >= 11 is 0. The Labute approximate surface area is 263 Å². The van der Waals surface area contributed by atoms with Crippen molar-refractivity contribution in [2.45, 2.75) is 69.0 Å². The molecule has 0 bridgehead atoms. The van der Waals surface area contributed by atoms with Gasteiger partial charge < -0.3 is 26.2 Å². The van der Waals surface area contributed by atoms with E-state index in [1.165, 1.54) is 7.11 Å². The first-order valence-corrected chi connectivity index (χ1v) is 16.1. The second-order valence-electron chi connectivity index (χ2n) is 11.4.